The van der Waals surface area contributed by atoms with Gasteiger partial charge in [0.15, 0.2) is 5.78 Å². The summed E-state index contributed by atoms with van der Waals surface area (Å²) in [6, 6.07) is 19.9. The molecule has 0 saturated heterocycles. The van der Waals surface area contributed by atoms with Crippen molar-refractivity contribution in [3.8, 4) is 5.75 Å². The monoisotopic (exact) mass is 594 g/mol. The number of ketones is 1. The fraction of sp³-hybridized carbons (Fsp3) is 0.233. The molecule has 4 aromatic rings. The van der Waals surface area contributed by atoms with E-state index >= 15 is 0 Å². The minimum absolute atomic E-state index is 0.0463. The number of rotatable bonds is 12. The van der Waals surface area contributed by atoms with E-state index in [1.807, 2.05) is 25.1 Å². The van der Waals surface area contributed by atoms with Crippen molar-refractivity contribution in [1.82, 2.24) is 9.29 Å². The highest BCUT2D eigenvalue weighted by molar-refractivity contribution is 7.89. The first-order valence-corrected chi connectivity index (χ1v) is 14.7. The molecule has 0 fully saturated rings. The molecule has 9 nitrogen and oxygen atoms in total. The van der Waals surface area contributed by atoms with Gasteiger partial charge in [-0.25, -0.2) is 8.42 Å². The second-order valence-electron chi connectivity index (χ2n) is 9.41. The Morgan fingerprint density at radius 3 is 2.34 bits per heavy atom. The first kappa shape index (κ1) is 30.0. The zero-order chi connectivity index (χ0) is 29.6. The third-order valence-corrected chi connectivity index (χ3v) is 8.58. The van der Waals surface area contributed by atoms with Gasteiger partial charge in [-0.15, -0.1) is 0 Å². The van der Waals surface area contributed by atoms with Gasteiger partial charge in [0.1, 0.15) is 5.75 Å². The highest BCUT2D eigenvalue weighted by Gasteiger charge is 2.25. The number of nitrogens with one attached hydrogen (secondary N) is 2. The van der Waals surface area contributed by atoms with Gasteiger partial charge in [0, 0.05) is 59.1 Å². The molecule has 0 spiro atoms. The SMILES string of the molecule is COc1ccc(S(=O)(=O)N(CCNc2cc(C)nc3ccc(Cl)cc23)CCC(=O)Nc2ccc(C(C)=O)cc2)cc1. The van der Waals surface area contributed by atoms with Gasteiger partial charge in [0.2, 0.25) is 15.9 Å². The Bertz CT molecular complexity index is 1660. The maximum atomic E-state index is 13.6. The van der Waals surface area contributed by atoms with Crippen molar-refractivity contribution >= 4 is 55.6 Å². The number of ether oxygens (including phenoxy) is 1. The lowest BCUT2D eigenvalue weighted by atomic mass is 10.1. The number of hydrogen-bond acceptors (Lipinski definition) is 7. The molecule has 0 saturated carbocycles. The first-order chi connectivity index (χ1) is 19.6. The minimum Gasteiger partial charge on any atom is -0.497 e. The molecule has 3 aromatic carbocycles. The number of amides is 1. The smallest absolute Gasteiger partial charge is 0.243 e. The molecule has 0 atom stereocenters. The molecule has 2 N–H and O–H groups in total. The van der Waals surface area contributed by atoms with Crippen LogP contribution in [-0.4, -0.2) is 56.1 Å². The Hall–Kier alpha value is -3.99. The van der Waals surface area contributed by atoms with E-state index in [-0.39, 0.29) is 42.6 Å². The second kappa shape index (κ2) is 13.1. The van der Waals surface area contributed by atoms with E-state index in [9.17, 15) is 18.0 Å². The lowest BCUT2D eigenvalue weighted by Crippen LogP contribution is -2.37. The van der Waals surface area contributed by atoms with E-state index in [0.717, 1.165) is 22.3 Å². The Balaban J connectivity index is 1.50. The van der Waals surface area contributed by atoms with E-state index < -0.39 is 10.0 Å². The number of anilines is 2. The van der Waals surface area contributed by atoms with Crippen molar-refractivity contribution in [1.29, 1.82) is 0 Å². The zero-order valence-corrected chi connectivity index (χ0v) is 24.6. The molecule has 0 aliphatic carbocycles. The van der Waals surface area contributed by atoms with Crippen molar-refractivity contribution in [2.45, 2.75) is 25.2 Å². The molecule has 11 heteroatoms. The minimum atomic E-state index is -3.93. The molecule has 0 aliphatic heterocycles. The van der Waals surface area contributed by atoms with Crippen LogP contribution < -0.4 is 15.4 Å². The maximum absolute atomic E-state index is 13.6. The fourth-order valence-electron chi connectivity index (χ4n) is 4.28. The molecule has 41 heavy (non-hydrogen) atoms. The summed E-state index contributed by atoms with van der Waals surface area (Å²) in [5.74, 6) is 0.105. The predicted molar refractivity (Wildman–Crippen MR) is 161 cm³/mol. The van der Waals surface area contributed by atoms with Crippen LogP contribution in [0, 0.1) is 6.92 Å². The predicted octanol–water partition coefficient (Wildman–Crippen LogP) is 5.54. The zero-order valence-electron chi connectivity index (χ0n) is 23.0. The molecule has 214 valence electrons. The van der Waals surface area contributed by atoms with Gasteiger partial charge in [-0.1, -0.05) is 11.6 Å². The summed E-state index contributed by atoms with van der Waals surface area (Å²) in [5, 5.41) is 7.47. The van der Waals surface area contributed by atoms with Crippen molar-refractivity contribution in [2.24, 2.45) is 0 Å². The summed E-state index contributed by atoms with van der Waals surface area (Å²) >= 11 is 6.21. The number of pyridine rings is 1. The Morgan fingerprint density at radius 1 is 0.976 bits per heavy atom. The molecule has 0 aliphatic rings. The molecule has 1 heterocycles. The van der Waals surface area contributed by atoms with Gasteiger partial charge in [-0.3, -0.25) is 14.6 Å². The molecule has 1 aromatic heterocycles. The Labute approximate surface area is 244 Å². The number of nitrogens with zero attached hydrogens (tertiary/aromatic N) is 2. The summed E-state index contributed by atoms with van der Waals surface area (Å²) in [6.45, 7) is 3.67. The second-order valence-corrected chi connectivity index (χ2v) is 11.8. The van der Waals surface area contributed by atoms with Crippen LogP contribution in [0.1, 0.15) is 29.4 Å². The summed E-state index contributed by atoms with van der Waals surface area (Å²) in [6.07, 6.45) is -0.0727. The maximum Gasteiger partial charge on any atom is 0.243 e. The van der Waals surface area contributed by atoms with E-state index in [1.165, 1.54) is 30.5 Å². The number of Topliss-reactive ketones (excluding diaryl/α,β-unsaturated/α-hetero) is 1. The van der Waals surface area contributed by atoms with Crippen LogP contribution in [0.5, 0.6) is 5.75 Å². The van der Waals surface area contributed by atoms with E-state index in [0.29, 0.717) is 22.0 Å². The molecule has 1 amide bonds. The van der Waals surface area contributed by atoms with E-state index in [4.69, 9.17) is 16.3 Å². The number of aryl methyl sites for hydroxylation is 1. The van der Waals surface area contributed by atoms with Crippen molar-refractivity contribution in [3.63, 3.8) is 0 Å². The Kier molecular flexibility index (Phi) is 9.59. The average Bonchev–Trinajstić information content (AvgIpc) is 2.95. The number of aromatic nitrogens is 1. The lowest BCUT2D eigenvalue weighted by molar-refractivity contribution is -0.116. The number of fused-ring (bicyclic) bond motifs is 1. The number of benzene rings is 3. The van der Waals surface area contributed by atoms with Gasteiger partial charge in [-0.2, -0.15) is 4.31 Å². The third-order valence-electron chi connectivity index (χ3n) is 6.44. The summed E-state index contributed by atoms with van der Waals surface area (Å²) in [4.78, 5) is 28.9. The third kappa shape index (κ3) is 7.60. The number of hydrogen-bond donors (Lipinski definition) is 2. The molecule has 0 bridgehead atoms. The highest BCUT2D eigenvalue weighted by atomic mass is 35.5. The number of carbonyl (C=O) groups is 2. The lowest BCUT2D eigenvalue weighted by Gasteiger charge is -2.23. The topological polar surface area (TPSA) is 118 Å². The summed E-state index contributed by atoms with van der Waals surface area (Å²) < 4.78 is 33.7. The average molecular weight is 595 g/mol. The number of halogens is 1. The van der Waals surface area contributed by atoms with Crippen LogP contribution in [-0.2, 0) is 14.8 Å². The van der Waals surface area contributed by atoms with E-state index in [1.54, 1.807) is 42.5 Å². The van der Waals surface area contributed by atoms with Gasteiger partial charge in [0.25, 0.3) is 0 Å². The van der Waals surface area contributed by atoms with Gasteiger partial charge in [-0.05, 0) is 86.6 Å². The van der Waals surface area contributed by atoms with Crippen molar-refractivity contribution < 1.29 is 22.7 Å². The van der Waals surface area contributed by atoms with E-state index in [2.05, 4.69) is 15.6 Å². The largest absolute Gasteiger partial charge is 0.497 e. The van der Waals surface area contributed by atoms with Crippen LogP contribution in [0.4, 0.5) is 11.4 Å². The summed E-state index contributed by atoms with van der Waals surface area (Å²) in [7, 11) is -2.43. The quantitative estimate of drug-likeness (QED) is 0.207. The molecule has 4 rings (SSSR count). The highest BCUT2D eigenvalue weighted by Crippen LogP contribution is 2.26. The molecular formula is C30H31ClN4O5S. The van der Waals surface area contributed by atoms with Gasteiger partial charge < -0.3 is 15.4 Å². The van der Waals surface area contributed by atoms with Gasteiger partial charge in [0.05, 0.1) is 17.5 Å². The van der Waals surface area contributed by atoms with Crippen LogP contribution in [0.15, 0.2) is 77.7 Å². The molecule has 0 unspecified atom stereocenters. The van der Waals surface area contributed by atoms with Crippen LogP contribution in [0.25, 0.3) is 10.9 Å². The van der Waals surface area contributed by atoms with Crippen molar-refractivity contribution in [2.75, 3.05) is 37.4 Å². The summed E-state index contributed by atoms with van der Waals surface area (Å²) in [5.41, 5.74) is 3.41. The number of carbonyl (C=O) groups excluding carboxylic acids is 2. The normalized spacial score (nSPS) is 11.4. The van der Waals surface area contributed by atoms with Gasteiger partial charge >= 0.3 is 0 Å². The molecule has 0 radical (unpaired) electrons. The fourth-order valence-corrected chi connectivity index (χ4v) is 5.89. The standard InChI is InChI=1S/C30H31ClN4O5S/c1-20-18-29(27-19-23(31)6-13-28(27)33-20)32-15-17-35(41(38,39)26-11-9-25(40-3)10-12-26)16-14-30(37)34-24-7-4-22(5-8-24)21(2)36/h4-13,18-19H,14-17H2,1-3H3,(H,32,33)(H,34,37). The van der Waals surface area contributed by atoms with Crippen LogP contribution in [0.3, 0.4) is 0 Å². The number of methoxy groups -OCH3 is 1. The van der Waals surface area contributed by atoms with Crippen molar-refractivity contribution in [3.05, 3.63) is 89.1 Å². The van der Waals surface area contributed by atoms with Crippen LogP contribution in [0.2, 0.25) is 5.02 Å². The first-order valence-electron chi connectivity index (χ1n) is 12.9. The number of sulfonamides is 1. The van der Waals surface area contributed by atoms with Crippen LogP contribution >= 0.6 is 11.6 Å². The Morgan fingerprint density at radius 2 is 1.68 bits per heavy atom. The molecular weight excluding hydrogens is 564 g/mol.